The maximum absolute atomic E-state index is 12.8. The molecule has 2 aliphatic rings. The average Bonchev–Trinajstić information content (AvgIpc) is 3.34. The van der Waals surface area contributed by atoms with Crippen molar-refractivity contribution in [1.82, 2.24) is 4.90 Å². The number of nitrogens with one attached hydrogen (secondary N) is 1. The molecule has 33 heavy (non-hydrogen) atoms. The molecule has 2 N–H and O–H groups in total. The molecule has 0 atom stereocenters. The zero-order valence-corrected chi connectivity index (χ0v) is 18.6. The summed E-state index contributed by atoms with van der Waals surface area (Å²) in [7, 11) is 0. The number of nitro groups is 1. The molecule has 0 saturated carbocycles. The molecule has 0 aromatic heterocycles. The Balaban J connectivity index is 1.33. The number of ether oxygens (including phenoxy) is 2. The smallest absolute Gasteiger partial charge is 0.271 e. The Labute approximate surface area is 197 Å². The number of non-ortho nitro benzene ring substituents is 1. The fourth-order valence-corrected chi connectivity index (χ4v) is 4.50. The number of fused-ring (bicyclic) bond motifs is 1. The van der Waals surface area contributed by atoms with E-state index in [9.17, 15) is 24.8 Å². The molecule has 2 heterocycles. The first kappa shape index (κ1) is 22.6. The van der Waals surface area contributed by atoms with Crippen molar-refractivity contribution >= 4 is 57.6 Å². The Morgan fingerprint density at radius 3 is 2.85 bits per heavy atom. The second-order valence-corrected chi connectivity index (χ2v) is 8.73. The number of rotatable bonds is 7. The van der Waals surface area contributed by atoms with Crippen molar-refractivity contribution in [1.29, 1.82) is 0 Å². The fourth-order valence-electron chi connectivity index (χ4n) is 3.20. The van der Waals surface area contributed by atoms with Crippen molar-refractivity contribution in [3.8, 4) is 17.2 Å². The lowest BCUT2D eigenvalue weighted by Crippen LogP contribution is -2.29. The van der Waals surface area contributed by atoms with E-state index in [-0.39, 0.29) is 42.8 Å². The van der Waals surface area contributed by atoms with E-state index in [1.54, 1.807) is 18.2 Å². The maximum atomic E-state index is 12.8. The second kappa shape index (κ2) is 9.46. The molecule has 0 bridgehead atoms. The zero-order valence-electron chi connectivity index (χ0n) is 17.0. The number of nitro benzene ring substituents is 1. The summed E-state index contributed by atoms with van der Waals surface area (Å²) in [5.74, 6) is 0.280. The molecule has 2 amide bonds. The minimum atomic E-state index is -0.624. The topological polar surface area (TPSA) is 131 Å². The van der Waals surface area contributed by atoms with Gasteiger partial charge in [-0.1, -0.05) is 30.0 Å². The summed E-state index contributed by atoms with van der Waals surface area (Å²) >= 11 is 6.49. The molecule has 0 aliphatic carbocycles. The molecule has 0 spiro atoms. The molecule has 2 aromatic rings. The fraction of sp³-hybridized carbons (Fsp3) is 0.190. The van der Waals surface area contributed by atoms with Crippen LogP contribution in [0.3, 0.4) is 0 Å². The van der Waals surface area contributed by atoms with E-state index < -0.39 is 10.8 Å². The van der Waals surface area contributed by atoms with E-state index in [4.69, 9.17) is 21.7 Å². The number of carbonyl (C=O) groups is 2. The van der Waals surface area contributed by atoms with Crippen molar-refractivity contribution < 1.29 is 29.1 Å². The number of phenols is 1. The number of hydrogen-bond acceptors (Lipinski definition) is 9. The number of amides is 2. The van der Waals surface area contributed by atoms with Crippen LogP contribution in [-0.2, 0) is 9.59 Å². The first-order valence-electron chi connectivity index (χ1n) is 9.74. The largest absolute Gasteiger partial charge is 0.506 e. The molecule has 12 heteroatoms. The van der Waals surface area contributed by atoms with Crippen molar-refractivity contribution in [2.75, 3.05) is 18.7 Å². The third-order valence-corrected chi connectivity index (χ3v) is 6.20. The van der Waals surface area contributed by atoms with Gasteiger partial charge in [-0.05, 0) is 36.3 Å². The molecule has 4 rings (SSSR count). The van der Waals surface area contributed by atoms with Gasteiger partial charge in [-0.25, -0.2) is 0 Å². The average molecular weight is 488 g/mol. The standard InChI is InChI=1S/C21H17N3O7S2/c25-15-5-4-13(24(28)29)10-14(15)22-19(26)2-1-7-23-20(27)18(33-21(23)32)9-12-3-6-16-17(8-12)31-11-30-16/h3-6,8-10,25H,1-2,7,11H2,(H,22,26)/b18-9-. The van der Waals surface area contributed by atoms with E-state index >= 15 is 0 Å². The van der Waals surface area contributed by atoms with Gasteiger partial charge < -0.3 is 19.9 Å². The minimum absolute atomic E-state index is 0.0282. The molecule has 10 nitrogen and oxygen atoms in total. The van der Waals surface area contributed by atoms with Crippen LogP contribution in [0.2, 0.25) is 0 Å². The van der Waals surface area contributed by atoms with E-state index in [0.717, 1.165) is 23.8 Å². The summed E-state index contributed by atoms with van der Waals surface area (Å²) in [6.07, 6.45) is 2.06. The number of thiocarbonyl (C=S) groups is 1. The van der Waals surface area contributed by atoms with Crippen LogP contribution in [0.25, 0.3) is 6.08 Å². The lowest BCUT2D eigenvalue weighted by molar-refractivity contribution is -0.384. The zero-order chi connectivity index (χ0) is 23.5. The van der Waals surface area contributed by atoms with Crippen molar-refractivity contribution in [2.24, 2.45) is 0 Å². The van der Waals surface area contributed by atoms with Crippen molar-refractivity contribution in [3.05, 3.63) is 57.0 Å². The highest BCUT2D eigenvalue weighted by atomic mass is 32.2. The highest BCUT2D eigenvalue weighted by molar-refractivity contribution is 8.26. The Morgan fingerprint density at radius 1 is 1.27 bits per heavy atom. The summed E-state index contributed by atoms with van der Waals surface area (Å²) in [4.78, 5) is 37.1. The summed E-state index contributed by atoms with van der Waals surface area (Å²) in [6, 6.07) is 8.72. The van der Waals surface area contributed by atoms with Crippen molar-refractivity contribution in [3.63, 3.8) is 0 Å². The summed E-state index contributed by atoms with van der Waals surface area (Å²) in [5, 5.41) is 23.1. The van der Waals surface area contributed by atoms with Gasteiger partial charge in [-0.15, -0.1) is 0 Å². The van der Waals surface area contributed by atoms with Gasteiger partial charge in [0.15, 0.2) is 11.5 Å². The number of carbonyl (C=O) groups excluding carboxylic acids is 2. The number of nitrogens with zero attached hydrogens (tertiary/aromatic N) is 2. The van der Waals surface area contributed by atoms with E-state index in [2.05, 4.69) is 5.32 Å². The van der Waals surface area contributed by atoms with Crippen LogP contribution in [0.5, 0.6) is 17.2 Å². The lowest BCUT2D eigenvalue weighted by atomic mass is 10.2. The van der Waals surface area contributed by atoms with E-state index in [1.165, 1.54) is 16.7 Å². The summed E-state index contributed by atoms with van der Waals surface area (Å²) < 4.78 is 11.0. The Kier molecular flexibility index (Phi) is 6.47. The van der Waals surface area contributed by atoms with Gasteiger partial charge in [0.1, 0.15) is 10.1 Å². The normalized spacial score (nSPS) is 15.9. The molecule has 2 aliphatic heterocycles. The first-order chi connectivity index (χ1) is 15.8. The molecule has 0 unspecified atom stereocenters. The van der Waals surface area contributed by atoms with Crippen LogP contribution >= 0.6 is 24.0 Å². The summed E-state index contributed by atoms with van der Waals surface area (Å²) in [5.41, 5.74) is 0.470. The third-order valence-electron chi connectivity index (χ3n) is 4.82. The van der Waals surface area contributed by atoms with E-state index in [1.807, 2.05) is 6.07 Å². The number of thioether (sulfide) groups is 1. The van der Waals surface area contributed by atoms with Crippen LogP contribution in [0.15, 0.2) is 41.3 Å². The molecule has 0 radical (unpaired) electrons. The monoisotopic (exact) mass is 487 g/mol. The van der Waals surface area contributed by atoms with Gasteiger partial charge >= 0.3 is 0 Å². The SMILES string of the molecule is O=C(CCCN1C(=O)/C(=C/c2ccc3c(c2)OCO3)SC1=S)Nc1cc([N+](=O)[O-])ccc1O. The van der Waals surface area contributed by atoms with E-state index in [0.29, 0.717) is 27.1 Å². The lowest BCUT2D eigenvalue weighted by Gasteiger charge is -2.14. The molecule has 1 fully saturated rings. The van der Waals surface area contributed by atoms with Gasteiger partial charge in [-0.2, -0.15) is 0 Å². The summed E-state index contributed by atoms with van der Waals surface area (Å²) in [6.45, 7) is 0.396. The third kappa shape index (κ3) is 5.07. The molecule has 2 aromatic carbocycles. The highest BCUT2D eigenvalue weighted by Crippen LogP contribution is 2.36. The Hall–Kier alpha value is -3.64. The quantitative estimate of drug-likeness (QED) is 0.197. The molecular formula is C21H17N3O7S2. The predicted octanol–water partition coefficient (Wildman–Crippen LogP) is 3.65. The number of aromatic hydroxyl groups is 1. The Morgan fingerprint density at radius 2 is 2.06 bits per heavy atom. The Bertz CT molecular complexity index is 1200. The second-order valence-electron chi connectivity index (χ2n) is 7.06. The van der Waals surface area contributed by atoms with Crippen LogP contribution in [-0.4, -0.2) is 44.4 Å². The number of benzene rings is 2. The van der Waals surface area contributed by atoms with Gasteiger partial charge in [0.2, 0.25) is 12.7 Å². The minimum Gasteiger partial charge on any atom is -0.506 e. The maximum Gasteiger partial charge on any atom is 0.271 e. The number of hydrogen-bond donors (Lipinski definition) is 2. The van der Waals surface area contributed by atoms with Gasteiger partial charge in [0.05, 0.1) is 15.5 Å². The van der Waals surface area contributed by atoms with Crippen LogP contribution in [0.1, 0.15) is 18.4 Å². The van der Waals surface area contributed by atoms with Gasteiger partial charge in [0, 0.05) is 25.1 Å². The molecule has 1 saturated heterocycles. The molecular weight excluding hydrogens is 470 g/mol. The first-order valence-corrected chi connectivity index (χ1v) is 11.0. The molecule has 170 valence electrons. The number of anilines is 1. The number of phenolic OH excluding ortho intramolecular Hbond substituents is 1. The van der Waals surface area contributed by atoms with Crippen LogP contribution in [0, 0.1) is 10.1 Å². The van der Waals surface area contributed by atoms with Crippen LogP contribution in [0.4, 0.5) is 11.4 Å². The highest BCUT2D eigenvalue weighted by Gasteiger charge is 2.31. The van der Waals surface area contributed by atoms with Crippen LogP contribution < -0.4 is 14.8 Å². The van der Waals surface area contributed by atoms with Crippen molar-refractivity contribution in [2.45, 2.75) is 12.8 Å². The predicted molar refractivity (Wildman–Crippen MR) is 125 cm³/mol. The van der Waals surface area contributed by atoms with Gasteiger partial charge in [0.25, 0.3) is 11.6 Å². The van der Waals surface area contributed by atoms with Gasteiger partial charge in [-0.3, -0.25) is 24.6 Å².